The van der Waals surface area contributed by atoms with Crippen LogP contribution in [-0.4, -0.2) is 25.7 Å². The Morgan fingerprint density at radius 3 is 2.72 bits per heavy atom. The van der Waals surface area contributed by atoms with E-state index in [9.17, 15) is 9.59 Å². The lowest BCUT2D eigenvalue weighted by Crippen LogP contribution is -2.31. The van der Waals surface area contributed by atoms with Gasteiger partial charge in [-0.1, -0.05) is 18.2 Å². The summed E-state index contributed by atoms with van der Waals surface area (Å²) in [6, 6.07) is 11.7. The predicted molar refractivity (Wildman–Crippen MR) is 116 cm³/mol. The average Bonchev–Trinajstić information content (AvgIpc) is 3.33. The third-order valence-corrected chi connectivity index (χ3v) is 6.53. The number of H-pyrrole nitrogens is 2. The number of carbonyl (C=O) groups is 1. The Morgan fingerprint density at radius 2 is 1.90 bits per heavy atom. The molecule has 2 aromatic heterocycles. The molecule has 0 bridgehead atoms. The van der Waals surface area contributed by atoms with E-state index in [-0.39, 0.29) is 23.6 Å². The Kier molecular flexibility index (Phi) is 4.50. The molecule has 1 amide bonds. The van der Waals surface area contributed by atoms with Gasteiger partial charge < -0.3 is 10.3 Å². The van der Waals surface area contributed by atoms with E-state index in [0.29, 0.717) is 0 Å². The Bertz CT molecular complexity index is 1260. The molecule has 0 spiro atoms. The molecular formula is C21H20BrN5O2. The predicted octanol–water partition coefficient (Wildman–Crippen LogP) is 4.34. The highest BCUT2D eigenvalue weighted by atomic mass is 79.9. The number of carbonyl (C=O) groups excluding carboxylic acids is 1. The number of aromatic amines is 2. The zero-order chi connectivity index (χ0) is 20.0. The number of hydrogen-bond donors (Lipinski definition) is 3. The van der Waals surface area contributed by atoms with Gasteiger partial charge in [-0.3, -0.25) is 14.5 Å². The lowest BCUT2D eigenvalue weighted by atomic mass is 9.85. The summed E-state index contributed by atoms with van der Waals surface area (Å²) in [6.07, 6.45) is 4.84. The van der Waals surface area contributed by atoms with Crippen LogP contribution in [-0.2, 0) is 4.79 Å². The maximum absolute atomic E-state index is 12.8. The molecule has 0 atom stereocenters. The molecule has 2 heterocycles. The summed E-state index contributed by atoms with van der Waals surface area (Å²) in [4.78, 5) is 28.3. The normalized spacial score (nSPS) is 19.6. The van der Waals surface area contributed by atoms with Gasteiger partial charge >= 0.3 is 5.69 Å². The molecule has 4 aromatic rings. The zero-order valence-corrected chi connectivity index (χ0v) is 17.2. The molecular weight excluding hydrogens is 434 g/mol. The molecule has 7 nitrogen and oxygen atoms in total. The van der Waals surface area contributed by atoms with Crippen molar-refractivity contribution in [3.8, 4) is 0 Å². The van der Waals surface area contributed by atoms with Gasteiger partial charge in [0.25, 0.3) is 0 Å². The number of benzene rings is 2. The number of imidazole rings is 1. The van der Waals surface area contributed by atoms with Crippen LogP contribution in [0.25, 0.3) is 21.9 Å². The Balaban J connectivity index is 1.31. The first kappa shape index (κ1) is 18.2. The topological polar surface area (TPSA) is 95.6 Å². The first-order chi connectivity index (χ1) is 14.1. The Hall–Kier alpha value is -2.87. The van der Waals surface area contributed by atoms with Crippen LogP contribution in [0.3, 0.4) is 0 Å². The van der Waals surface area contributed by atoms with Crippen LogP contribution in [0.5, 0.6) is 0 Å². The van der Waals surface area contributed by atoms with E-state index in [0.717, 1.165) is 57.8 Å². The fourth-order valence-electron chi connectivity index (χ4n) is 4.38. The molecule has 0 radical (unpaired) electrons. The van der Waals surface area contributed by atoms with Crippen molar-refractivity contribution in [1.29, 1.82) is 0 Å². The molecule has 2 aromatic carbocycles. The van der Waals surface area contributed by atoms with Crippen LogP contribution in [0.1, 0.15) is 31.7 Å². The molecule has 3 N–H and O–H groups in total. The van der Waals surface area contributed by atoms with Crippen molar-refractivity contribution in [2.24, 2.45) is 5.92 Å². The molecule has 1 aliphatic rings. The van der Waals surface area contributed by atoms with Crippen molar-refractivity contribution in [2.45, 2.75) is 31.7 Å². The third-order valence-electron chi connectivity index (χ3n) is 5.87. The molecule has 0 saturated heterocycles. The van der Waals surface area contributed by atoms with Crippen molar-refractivity contribution >= 4 is 49.5 Å². The van der Waals surface area contributed by atoms with Crippen LogP contribution < -0.4 is 11.0 Å². The van der Waals surface area contributed by atoms with E-state index in [1.54, 1.807) is 6.20 Å². The summed E-state index contributed by atoms with van der Waals surface area (Å²) in [7, 11) is 0. The van der Waals surface area contributed by atoms with Crippen molar-refractivity contribution in [3.05, 3.63) is 57.6 Å². The van der Waals surface area contributed by atoms with Crippen LogP contribution in [0.15, 0.2) is 51.9 Å². The van der Waals surface area contributed by atoms with Crippen LogP contribution >= 0.6 is 15.9 Å². The highest BCUT2D eigenvalue weighted by Crippen LogP contribution is 2.35. The minimum atomic E-state index is -0.0919. The second kappa shape index (κ2) is 7.18. The number of para-hydroxylation sites is 2. The third kappa shape index (κ3) is 3.17. The molecule has 1 aliphatic carbocycles. The number of halogens is 1. The first-order valence-corrected chi connectivity index (χ1v) is 10.5. The van der Waals surface area contributed by atoms with Crippen LogP contribution in [0.4, 0.5) is 5.69 Å². The lowest BCUT2D eigenvalue weighted by molar-refractivity contribution is -0.120. The monoisotopic (exact) mass is 453 g/mol. The second-order valence-corrected chi connectivity index (χ2v) is 8.42. The molecule has 1 saturated carbocycles. The smallest absolute Gasteiger partial charge is 0.324 e. The van der Waals surface area contributed by atoms with Crippen molar-refractivity contribution in [1.82, 2.24) is 19.7 Å². The minimum absolute atomic E-state index is 0.0274. The summed E-state index contributed by atoms with van der Waals surface area (Å²) in [6.45, 7) is 0. The summed E-state index contributed by atoms with van der Waals surface area (Å²) in [5.41, 5.74) is 3.23. The molecule has 5 rings (SSSR count). The summed E-state index contributed by atoms with van der Waals surface area (Å²) >= 11 is 3.50. The fraction of sp³-hybridized carbons (Fsp3) is 0.286. The minimum Gasteiger partial charge on any atom is -0.324 e. The number of aromatic nitrogens is 4. The molecule has 29 heavy (non-hydrogen) atoms. The van der Waals surface area contributed by atoms with Crippen molar-refractivity contribution < 1.29 is 4.79 Å². The maximum Gasteiger partial charge on any atom is 0.326 e. The standard InChI is InChI=1S/C21H20BrN5O2/c22-15-4-2-6-17-19(15)25-21(29)27(17)14-9-7-12(8-10-14)20(28)24-16-5-1-3-13-11-23-26-18(13)16/h1-6,11-12,14H,7-10H2,(H,23,26)(H,24,28)(H,25,29). The quantitative estimate of drug-likeness (QED) is 0.430. The summed E-state index contributed by atoms with van der Waals surface area (Å²) in [5.74, 6) is -0.0309. The van der Waals surface area contributed by atoms with Gasteiger partial charge in [0, 0.05) is 21.8 Å². The number of fused-ring (bicyclic) bond motifs is 2. The van der Waals surface area contributed by atoms with Gasteiger partial charge in [0.2, 0.25) is 5.91 Å². The highest BCUT2D eigenvalue weighted by Gasteiger charge is 2.29. The SMILES string of the molecule is O=C(Nc1cccc2cn[nH]c12)C1CCC(n2c(=O)[nH]c3c(Br)cccc32)CC1. The van der Waals surface area contributed by atoms with Gasteiger partial charge in [-0.2, -0.15) is 5.10 Å². The van der Waals surface area contributed by atoms with Gasteiger partial charge in [0.15, 0.2) is 0 Å². The Labute approximate surface area is 174 Å². The number of hydrogen-bond acceptors (Lipinski definition) is 3. The molecule has 0 aliphatic heterocycles. The van der Waals surface area contributed by atoms with Crippen LogP contribution in [0.2, 0.25) is 0 Å². The van der Waals surface area contributed by atoms with Crippen molar-refractivity contribution in [2.75, 3.05) is 5.32 Å². The highest BCUT2D eigenvalue weighted by molar-refractivity contribution is 9.10. The van der Waals surface area contributed by atoms with Crippen molar-refractivity contribution in [3.63, 3.8) is 0 Å². The summed E-state index contributed by atoms with van der Waals surface area (Å²) < 4.78 is 2.73. The average molecular weight is 454 g/mol. The maximum atomic E-state index is 12.8. The zero-order valence-electron chi connectivity index (χ0n) is 15.6. The van der Waals surface area contributed by atoms with Gasteiger partial charge in [0.1, 0.15) is 0 Å². The van der Waals surface area contributed by atoms with Gasteiger partial charge in [-0.15, -0.1) is 0 Å². The first-order valence-electron chi connectivity index (χ1n) is 9.73. The summed E-state index contributed by atoms with van der Waals surface area (Å²) in [5, 5.41) is 11.0. The number of nitrogens with one attached hydrogen (secondary N) is 3. The van der Waals surface area contributed by atoms with E-state index in [1.165, 1.54) is 0 Å². The van der Waals surface area contributed by atoms with E-state index < -0.39 is 0 Å². The van der Waals surface area contributed by atoms with E-state index in [2.05, 4.69) is 36.4 Å². The van der Waals surface area contributed by atoms with Crippen LogP contribution in [0, 0.1) is 5.92 Å². The van der Waals surface area contributed by atoms with Gasteiger partial charge in [-0.25, -0.2) is 4.79 Å². The van der Waals surface area contributed by atoms with E-state index in [1.807, 2.05) is 41.0 Å². The number of anilines is 1. The molecule has 148 valence electrons. The molecule has 8 heteroatoms. The molecule has 0 unspecified atom stereocenters. The fourth-order valence-corrected chi connectivity index (χ4v) is 4.84. The van der Waals surface area contributed by atoms with E-state index in [4.69, 9.17) is 0 Å². The number of nitrogens with zero attached hydrogens (tertiary/aromatic N) is 2. The Morgan fingerprint density at radius 1 is 1.10 bits per heavy atom. The second-order valence-electron chi connectivity index (χ2n) is 7.57. The lowest BCUT2D eigenvalue weighted by Gasteiger charge is -2.28. The number of amides is 1. The number of rotatable bonds is 3. The van der Waals surface area contributed by atoms with Gasteiger partial charge in [0.05, 0.1) is 28.4 Å². The largest absolute Gasteiger partial charge is 0.326 e. The van der Waals surface area contributed by atoms with E-state index >= 15 is 0 Å². The molecule has 1 fully saturated rings. The van der Waals surface area contributed by atoms with Gasteiger partial charge in [-0.05, 0) is 59.8 Å².